The minimum Gasteiger partial charge on any atom is -0.648 e. The number of benzene rings is 1. The number of carbonyl (C=O) groups excluding carboxylic acids is 8. The summed E-state index contributed by atoms with van der Waals surface area (Å²) in [6.45, 7) is 2.85. The molecule has 15 heteroatoms. The van der Waals surface area contributed by atoms with Crippen LogP contribution in [0.5, 0.6) is 0 Å². The number of nitrogens with zero attached hydrogens (tertiary/aromatic N) is 2. The van der Waals surface area contributed by atoms with Crippen molar-refractivity contribution in [3.05, 3.63) is 40.7 Å². The van der Waals surface area contributed by atoms with Gasteiger partial charge in [-0.05, 0) is 32.3 Å². The number of ether oxygens (including phenoxy) is 1. The number of carbonyl (C=O) groups is 8. The average molecular weight is 731 g/mol. The monoisotopic (exact) mass is 730 g/mol. The molecule has 0 aliphatic carbocycles. The van der Waals surface area contributed by atoms with Gasteiger partial charge in [0.15, 0.2) is 0 Å². The van der Waals surface area contributed by atoms with E-state index in [1.807, 2.05) is 0 Å². The van der Waals surface area contributed by atoms with Crippen LogP contribution < -0.4 is 68.8 Å². The molecule has 0 spiro atoms. The zero-order chi connectivity index (χ0) is 33.2. The second-order valence-electron chi connectivity index (χ2n) is 10.7. The smallest absolute Gasteiger partial charge is 0.648 e. The van der Waals surface area contributed by atoms with Crippen LogP contribution in [-0.4, -0.2) is 95.6 Å². The molecule has 0 aromatic heterocycles. The maximum Gasteiger partial charge on any atom is 1.00 e. The molecule has 2 N–H and O–H groups in total. The molecule has 0 radical (unpaired) electrons. The number of unbranched alkanes of at least 4 members (excludes halogenated alkanes) is 2. The van der Waals surface area contributed by atoms with E-state index in [1.54, 1.807) is 31.2 Å². The molecule has 1 aliphatic rings. The third-order valence-electron chi connectivity index (χ3n) is 6.55. The zero-order valence-corrected chi connectivity index (χ0v) is 32.5. The SMILES string of the molecule is CC(=O)CCCCCNC(=O)CSC1CC(=O)N(CC(=O)NCCOCC(=O)[N-]Cc2ccc(CC(=O)CC(C)=O)cc2)C1=O.[Rb+]. The maximum atomic E-state index is 12.6. The zero-order valence-electron chi connectivity index (χ0n) is 26.8. The molecule has 1 aliphatic heterocycles. The van der Waals surface area contributed by atoms with Crippen LogP contribution in [0, 0.1) is 0 Å². The van der Waals surface area contributed by atoms with Crippen LogP contribution in [0.25, 0.3) is 5.32 Å². The van der Waals surface area contributed by atoms with Crippen LogP contribution in [0.15, 0.2) is 24.3 Å². The van der Waals surface area contributed by atoms with E-state index < -0.39 is 35.4 Å². The molecule has 1 fully saturated rings. The molecule has 1 atom stereocenters. The Hall–Kier alpha value is -2.10. The molecule has 0 saturated carbocycles. The quantitative estimate of drug-likeness (QED) is 0.0803. The Morgan fingerprint density at radius 3 is 2.26 bits per heavy atom. The Kier molecular flexibility index (Phi) is 21.2. The predicted octanol–water partition coefficient (Wildman–Crippen LogP) is -1.56. The van der Waals surface area contributed by atoms with Crippen LogP contribution in [0.2, 0.25) is 0 Å². The van der Waals surface area contributed by atoms with E-state index in [4.69, 9.17) is 4.74 Å². The summed E-state index contributed by atoms with van der Waals surface area (Å²) in [5.74, 6) is -2.49. The van der Waals surface area contributed by atoms with Gasteiger partial charge in [0, 0.05) is 32.4 Å². The van der Waals surface area contributed by atoms with Gasteiger partial charge in [0.25, 0.3) is 0 Å². The number of imide groups is 1. The fraction of sp³-hybridized carbons (Fsp3) is 0.548. The number of hydrogen-bond donors (Lipinski definition) is 2. The molecule has 246 valence electrons. The van der Waals surface area contributed by atoms with Crippen LogP contribution in [0.1, 0.15) is 63.5 Å². The summed E-state index contributed by atoms with van der Waals surface area (Å²) < 4.78 is 5.24. The van der Waals surface area contributed by atoms with Crippen molar-refractivity contribution in [1.82, 2.24) is 15.5 Å². The van der Waals surface area contributed by atoms with Gasteiger partial charge in [-0.1, -0.05) is 36.2 Å². The van der Waals surface area contributed by atoms with Crippen LogP contribution in [-0.2, 0) is 56.1 Å². The molecule has 0 bridgehead atoms. The van der Waals surface area contributed by atoms with Gasteiger partial charge in [-0.25, -0.2) is 0 Å². The van der Waals surface area contributed by atoms with Crippen molar-refractivity contribution in [3.63, 3.8) is 0 Å². The summed E-state index contributed by atoms with van der Waals surface area (Å²) in [5.41, 5.74) is 1.53. The standard InChI is InChI=1S/C31H42N4O9S.Rb/c1-21(36)6-4-3-5-11-32-29(41)20-45-26-16-30(42)35(31(26)43)18-27(39)33-12-13-44-19-28(40)34-17-24-9-7-23(8-10-24)15-25(38)14-22(2)37;/h7-10,26H,3-6,11-20H2,1-2H3,(H3,32,33,34,39,40,41);/q;+1/p-1. The number of rotatable bonds is 22. The summed E-state index contributed by atoms with van der Waals surface area (Å²) in [5, 5.41) is 8.48. The Bertz CT molecular complexity index is 1240. The van der Waals surface area contributed by atoms with Crippen LogP contribution in [0.3, 0.4) is 0 Å². The third-order valence-corrected chi connectivity index (χ3v) is 7.75. The molecule has 1 aromatic carbocycles. The number of hydrogen-bond acceptors (Lipinski definition) is 10. The van der Waals surface area contributed by atoms with Gasteiger partial charge in [0.2, 0.25) is 23.6 Å². The Labute approximate surface area is 322 Å². The average Bonchev–Trinajstić information content (AvgIpc) is 3.24. The van der Waals surface area contributed by atoms with Crippen molar-refractivity contribution in [3.8, 4) is 0 Å². The van der Waals surface area contributed by atoms with Gasteiger partial charge in [-0.3, -0.25) is 33.7 Å². The van der Waals surface area contributed by atoms with Gasteiger partial charge >= 0.3 is 58.2 Å². The normalized spacial score (nSPS) is 14.0. The summed E-state index contributed by atoms with van der Waals surface area (Å²) in [6.07, 6.45) is 2.86. The molecule has 13 nitrogen and oxygen atoms in total. The number of likely N-dealkylation sites (tertiary alicyclic amines) is 1. The first-order chi connectivity index (χ1) is 21.4. The molecule has 2 rings (SSSR count). The Morgan fingerprint density at radius 2 is 1.59 bits per heavy atom. The van der Waals surface area contributed by atoms with Gasteiger partial charge in [-0.15, -0.1) is 18.3 Å². The van der Waals surface area contributed by atoms with Gasteiger partial charge in [0.05, 0.1) is 36.5 Å². The molecular formula is C31H41N4O9RbS. The van der Waals surface area contributed by atoms with E-state index in [9.17, 15) is 38.4 Å². The van der Waals surface area contributed by atoms with Crippen molar-refractivity contribution < 1.29 is 101 Å². The Balaban J connectivity index is 0.0000106. The molecule has 1 saturated heterocycles. The molecule has 5 amide bonds. The summed E-state index contributed by atoms with van der Waals surface area (Å²) in [6, 6.07) is 7.00. The van der Waals surface area contributed by atoms with Crippen LogP contribution in [0.4, 0.5) is 0 Å². The fourth-order valence-electron chi connectivity index (χ4n) is 4.26. The van der Waals surface area contributed by atoms with Gasteiger partial charge in [-0.2, -0.15) is 0 Å². The predicted molar refractivity (Wildman–Crippen MR) is 166 cm³/mol. The second-order valence-corrected chi connectivity index (χ2v) is 11.9. The van der Waals surface area contributed by atoms with Gasteiger partial charge < -0.3 is 30.3 Å². The summed E-state index contributed by atoms with van der Waals surface area (Å²) in [4.78, 5) is 95.8. The summed E-state index contributed by atoms with van der Waals surface area (Å²) in [7, 11) is 0. The molecular weight excluding hydrogens is 690 g/mol. The minimum absolute atomic E-state index is 0. The van der Waals surface area contributed by atoms with E-state index in [0.29, 0.717) is 13.0 Å². The third kappa shape index (κ3) is 17.7. The number of Topliss-reactive ketones (excluding diaryl/α,β-unsaturated/α-hetero) is 3. The van der Waals surface area contributed by atoms with E-state index in [-0.39, 0.29) is 133 Å². The first-order valence-corrected chi connectivity index (χ1v) is 15.8. The van der Waals surface area contributed by atoms with E-state index >= 15 is 0 Å². The molecule has 1 unspecified atom stereocenters. The largest absolute Gasteiger partial charge is 1.00 e. The molecule has 1 aromatic rings. The minimum atomic E-state index is -0.732. The molecule has 1 heterocycles. The van der Waals surface area contributed by atoms with Gasteiger partial charge in [0.1, 0.15) is 23.9 Å². The van der Waals surface area contributed by atoms with Crippen molar-refractivity contribution >= 4 is 58.6 Å². The molecule has 46 heavy (non-hydrogen) atoms. The first kappa shape index (κ1) is 41.9. The number of nitrogens with one attached hydrogen (secondary N) is 2. The number of thioether (sulfide) groups is 1. The van der Waals surface area contributed by atoms with Crippen molar-refractivity contribution in [1.29, 1.82) is 0 Å². The van der Waals surface area contributed by atoms with Crippen LogP contribution >= 0.6 is 11.8 Å². The van der Waals surface area contributed by atoms with E-state index in [1.165, 1.54) is 6.92 Å². The van der Waals surface area contributed by atoms with E-state index in [2.05, 4.69) is 16.0 Å². The van der Waals surface area contributed by atoms with Crippen molar-refractivity contribution in [2.75, 3.05) is 38.6 Å². The fourth-order valence-corrected chi connectivity index (χ4v) is 5.24. The summed E-state index contributed by atoms with van der Waals surface area (Å²) >= 11 is 1.06. The van der Waals surface area contributed by atoms with Crippen molar-refractivity contribution in [2.24, 2.45) is 0 Å². The van der Waals surface area contributed by atoms with E-state index in [0.717, 1.165) is 47.1 Å². The maximum absolute atomic E-state index is 12.6. The van der Waals surface area contributed by atoms with Crippen molar-refractivity contribution in [2.45, 2.75) is 70.6 Å². The topological polar surface area (TPSA) is 187 Å². The second kappa shape index (κ2) is 23.3. The first-order valence-electron chi connectivity index (χ1n) is 14.8. The number of amides is 5. The number of ketones is 3. The Morgan fingerprint density at radius 1 is 0.913 bits per heavy atom.